The van der Waals surface area contributed by atoms with Crippen molar-refractivity contribution >= 4 is 10.0 Å². The summed E-state index contributed by atoms with van der Waals surface area (Å²) in [6.07, 6.45) is 2.72. The van der Waals surface area contributed by atoms with E-state index < -0.39 is 10.0 Å². The highest BCUT2D eigenvalue weighted by molar-refractivity contribution is 7.89. The summed E-state index contributed by atoms with van der Waals surface area (Å²) in [5.74, 6) is 0.323. The Hall–Kier alpha value is -0.350. The van der Waals surface area contributed by atoms with Crippen LogP contribution in [0.1, 0.15) is 20.3 Å². The maximum atomic E-state index is 11.3. The van der Waals surface area contributed by atoms with Crippen LogP contribution in [0, 0.1) is 0 Å². The van der Waals surface area contributed by atoms with Crippen LogP contribution in [0.25, 0.3) is 0 Å². The lowest BCUT2D eigenvalue weighted by molar-refractivity contribution is 0.478. The van der Waals surface area contributed by atoms with Crippen molar-refractivity contribution in [2.24, 2.45) is 0 Å². The Morgan fingerprint density at radius 1 is 1.50 bits per heavy atom. The van der Waals surface area contributed by atoms with Crippen molar-refractivity contribution in [3.05, 3.63) is 11.6 Å². The molecule has 12 heavy (non-hydrogen) atoms. The third kappa shape index (κ3) is 2.32. The molecule has 0 saturated carbocycles. The van der Waals surface area contributed by atoms with Crippen molar-refractivity contribution in [1.82, 2.24) is 4.31 Å². The Labute approximate surface area is 74.1 Å². The predicted molar refractivity (Wildman–Crippen MR) is 49.4 cm³/mol. The highest BCUT2D eigenvalue weighted by Crippen LogP contribution is 2.12. The number of hydrogen-bond acceptors (Lipinski definition) is 2. The van der Waals surface area contributed by atoms with Crippen LogP contribution in [0.2, 0.25) is 0 Å². The van der Waals surface area contributed by atoms with E-state index in [1.54, 1.807) is 4.31 Å². The molecule has 0 aromatic heterocycles. The lowest BCUT2D eigenvalue weighted by atomic mass is 10.3. The molecule has 0 radical (unpaired) electrons. The summed E-state index contributed by atoms with van der Waals surface area (Å²) in [5, 5.41) is 0. The lowest BCUT2D eigenvalue weighted by Crippen LogP contribution is -2.25. The first kappa shape index (κ1) is 9.74. The van der Waals surface area contributed by atoms with Crippen molar-refractivity contribution in [3.8, 4) is 0 Å². The van der Waals surface area contributed by atoms with Crippen molar-refractivity contribution in [3.63, 3.8) is 0 Å². The Morgan fingerprint density at radius 3 is 2.58 bits per heavy atom. The highest BCUT2D eigenvalue weighted by atomic mass is 32.2. The van der Waals surface area contributed by atoms with E-state index in [0.717, 1.165) is 12.0 Å². The molecule has 0 N–H and O–H groups in total. The first-order valence-electron chi connectivity index (χ1n) is 4.13. The van der Waals surface area contributed by atoms with Gasteiger partial charge in [-0.1, -0.05) is 11.6 Å². The molecule has 0 bridgehead atoms. The van der Waals surface area contributed by atoms with Gasteiger partial charge in [0.05, 0.1) is 5.75 Å². The molecule has 3 nitrogen and oxygen atoms in total. The van der Waals surface area contributed by atoms with Crippen LogP contribution < -0.4 is 0 Å². The third-order valence-corrected chi connectivity index (χ3v) is 3.83. The topological polar surface area (TPSA) is 37.4 Å². The Morgan fingerprint density at radius 2 is 2.17 bits per heavy atom. The van der Waals surface area contributed by atoms with Gasteiger partial charge in [-0.25, -0.2) is 8.42 Å². The van der Waals surface area contributed by atoms with Gasteiger partial charge in [-0.05, 0) is 20.3 Å². The average molecular weight is 189 g/mol. The largest absolute Gasteiger partial charge is 0.214 e. The molecule has 0 unspecified atom stereocenters. The van der Waals surface area contributed by atoms with Crippen molar-refractivity contribution in [2.75, 3.05) is 18.8 Å². The van der Waals surface area contributed by atoms with Crippen LogP contribution in [-0.4, -0.2) is 31.6 Å². The van der Waals surface area contributed by atoms with Crippen LogP contribution >= 0.6 is 0 Å². The molecule has 1 rings (SSSR count). The van der Waals surface area contributed by atoms with E-state index in [0.29, 0.717) is 18.8 Å². The summed E-state index contributed by atoms with van der Waals surface area (Å²) < 4.78 is 24.1. The minimum atomic E-state index is -2.89. The van der Waals surface area contributed by atoms with Gasteiger partial charge in [-0.3, -0.25) is 0 Å². The maximum absolute atomic E-state index is 11.3. The van der Waals surface area contributed by atoms with Crippen molar-refractivity contribution < 1.29 is 8.42 Å². The zero-order valence-corrected chi connectivity index (χ0v) is 8.39. The first-order chi connectivity index (χ1) is 5.52. The van der Waals surface area contributed by atoms with Gasteiger partial charge in [0.2, 0.25) is 10.0 Å². The van der Waals surface area contributed by atoms with Crippen molar-refractivity contribution in [2.45, 2.75) is 20.3 Å². The van der Waals surface area contributed by atoms with E-state index in [9.17, 15) is 8.42 Å². The van der Waals surface area contributed by atoms with Crippen LogP contribution in [0.3, 0.4) is 0 Å². The van der Waals surface area contributed by atoms with Crippen LogP contribution in [0.15, 0.2) is 11.6 Å². The Balaban J connectivity index is 2.60. The summed E-state index contributed by atoms with van der Waals surface area (Å²) in [6, 6.07) is 0. The smallest absolute Gasteiger partial charge is 0.212 e. The SMILES string of the molecule is CC(C)=CCN1CCCS1(=O)=O. The predicted octanol–water partition coefficient (Wildman–Crippen LogP) is 0.988. The van der Waals surface area contributed by atoms with Crippen LogP contribution in [0.4, 0.5) is 0 Å². The molecule has 0 aromatic carbocycles. The third-order valence-electron chi connectivity index (χ3n) is 1.91. The molecule has 1 fully saturated rings. The molecule has 1 saturated heterocycles. The summed E-state index contributed by atoms with van der Waals surface area (Å²) in [6.45, 7) is 5.18. The number of allylic oxidation sites excluding steroid dienone is 1. The summed E-state index contributed by atoms with van der Waals surface area (Å²) in [4.78, 5) is 0. The number of sulfonamides is 1. The van der Waals surface area contributed by atoms with Gasteiger partial charge < -0.3 is 0 Å². The van der Waals surface area contributed by atoms with Gasteiger partial charge in [-0.2, -0.15) is 4.31 Å². The zero-order valence-electron chi connectivity index (χ0n) is 7.58. The zero-order chi connectivity index (χ0) is 9.19. The Kier molecular flexibility index (Phi) is 2.90. The second-order valence-corrected chi connectivity index (χ2v) is 5.40. The molecule has 0 amide bonds. The molecule has 4 heteroatoms. The van der Waals surface area contributed by atoms with Gasteiger partial charge in [0.15, 0.2) is 0 Å². The maximum Gasteiger partial charge on any atom is 0.214 e. The van der Waals surface area contributed by atoms with E-state index in [2.05, 4.69) is 0 Å². The monoisotopic (exact) mass is 189 g/mol. The van der Waals surface area contributed by atoms with Crippen LogP contribution in [0.5, 0.6) is 0 Å². The van der Waals surface area contributed by atoms with Gasteiger partial charge in [0.1, 0.15) is 0 Å². The minimum absolute atomic E-state index is 0.323. The lowest BCUT2D eigenvalue weighted by Gasteiger charge is -2.10. The molecular weight excluding hydrogens is 174 g/mol. The Bertz CT molecular complexity index is 275. The minimum Gasteiger partial charge on any atom is -0.212 e. The second kappa shape index (κ2) is 3.58. The fraction of sp³-hybridized carbons (Fsp3) is 0.750. The number of hydrogen-bond donors (Lipinski definition) is 0. The molecule has 1 heterocycles. The highest BCUT2D eigenvalue weighted by Gasteiger charge is 2.26. The second-order valence-electron chi connectivity index (χ2n) is 3.31. The number of nitrogens with zero attached hydrogens (tertiary/aromatic N) is 1. The van der Waals surface area contributed by atoms with Gasteiger partial charge in [0, 0.05) is 13.1 Å². The molecule has 1 aliphatic rings. The van der Waals surface area contributed by atoms with E-state index in [-0.39, 0.29) is 0 Å². The summed E-state index contributed by atoms with van der Waals surface area (Å²) in [7, 11) is -2.89. The molecule has 0 spiro atoms. The standard InChI is InChI=1S/C8H15NO2S/c1-8(2)4-6-9-5-3-7-12(9,10)11/h4H,3,5-7H2,1-2H3. The molecule has 70 valence electrons. The molecule has 0 atom stereocenters. The van der Waals surface area contributed by atoms with Gasteiger partial charge in [0.25, 0.3) is 0 Å². The molecule has 0 aliphatic carbocycles. The van der Waals surface area contributed by atoms with E-state index in [1.807, 2.05) is 19.9 Å². The fourth-order valence-corrected chi connectivity index (χ4v) is 2.64. The average Bonchev–Trinajstić information content (AvgIpc) is 2.25. The molecule has 1 aliphatic heterocycles. The number of rotatable bonds is 2. The first-order valence-corrected chi connectivity index (χ1v) is 5.74. The fourth-order valence-electron chi connectivity index (χ4n) is 1.18. The van der Waals surface area contributed by atoms with E-state index in [1.165, 1.54) is 0 Å². The quantitative estimate of drug-likeness (QED) is 0.607. The normalized spacial score (nSPS) is 22.5. The van der Waals surface area contributed by atoms with E-state index in [4.69, 9.17) is 0 Å². The van der Waals surface area contributed by atoms with Gasteiger partial charge >= 0.3 is 0 Å². The molecular formula is C8H15NO2S. The summed E-state index contributed by atoms with van der Waals surface area (Å²) in [5.41, 5.74) is 1.16. The van der Waals surface area contributed by atoms with E-state index >= 15 is 0 Å². The summed E-state index contributed by atoms with van der Waals surface area (Å²) >= 11 is 0. The van der Waals surface area contributed by atoms with Crippen molar-refractivity contribution in [1.29, 1.82) is 0 Å². The van der Waals surface area contributed by atoms with Crippen LogP contribution in [-0.2, 0) is 10.0 Å². The molecule has 0 aromatic rings. The van der Waals surface area contributed by atoms with Gasteiger partial charge in [-0.15, -0.1) is 0 Å².